The van der Waals surface area contributed by atoms with Gasteiger partial charge in [-0.05, 0) is 77.6 Å². The summed E-state index contributed by atoms with van der Waals surface area (Å²) in [6, 6.07) is 16.5. The standard InChI is InChI=1S/C15H18Cl2N2O.C13H10Cl2O2/c1-9(11-6-5-10(16)7-13(11)17)19-14(20)12(8-18)15(2,3)4;14-10-1-3-12(16)8(6-10)5-9-7-11(15)2-4-13(9)17/h5-7,9,12H,1-4H3,(H,19,20);1-4,6-7,16-17H,5H2. The van der Waals surface area contributed by atoms with E-state index >= 15 is 0 Å². The summed E-state index contributed by atoms with van der Waals surface area (Å²) in [5, 5.41) is 33.5. The Morgan fingerprint density at radius 3 is 1.78 bits per heavy atom. The van der Waals surface area contributed by atoms with Gasteiger partial charge in [0.1, 0.15) is 17.4 Å². The van der Waals surface area contributed by atoms with Crippen LogP contribution in [0.5, 0.6) is 11.5 Å². The zero-order valence-electron chi connectivity index (χ0n) is 20.8. The first kappa shape index (κ1) is 30.6. The van der Waals surface area contributed by atoms with E-state index in [2.05, 4.69) is 11.4 Å². The van der Waals surface area contributed by atoms with Crippen molar-refractivity contribution in [3.63, 3.8) is 0 Å². The van der Waals surface area contributed by atoms with E-state index in [1.165, 1.54) is 12.1 Å². The Bertz CT molecular complexity index is 1250. The Hall–Kier alpha value is -2.62. The maximum Gasteiger partial charge on any atom is 0.238 e. The molecule has 5 nitrogen and oxygen atoms in total. The summed E-state index contributed by atoms with van der Waals surface area (Å²) in [6.45, 7) is 7.41. The third kappa shape index (κ3) is 9.02. The molecule has 196 valence electrons. The first-order valence-corrected chi connectivity index (χ1v) is 12.8. The lowest BCUT2D eigenvalue weighted by atomic mass is 9.81. The number of amides is 1. The van der Waals surface area contributed by atoms with Crippen LogP contribution in [-0.2, 0) is 11.2 Å². The van der Waals surface area contributed by atoms with E-state index in [-0.39, 0.29) is 23.4 Å². The molecule has 0 spiro atoms. The molecule has 3 rings (SSSR count). The van der Waals surface area contributed by atoms with E-state index in [4.69, 9.17) is 51.7 Å². The zero-order chi connectivity index (χ0) is 27.9. The molecule has 0 saturated heterocycles. The van der Waals surface area contributed by atoms with Crippen molar-refractivity contribution in [1.82, 2.24) is 5.32 Å². The van der Waals surface area contributed by atoms with Crippen LogP contribution in [0.1, 0.15) is 50.4 Å². The lowest BCUT2D eigenvalue weighted by Crippen LogP contribution is -2.38. The average Bonchev–Trinajstić information content (AvgIpc) is 2.78. The highest BCUT2D eigenvalue weighted by Crippen LogP contribution is 2.30. The summed E-state index contributed by atoms with van der Waals surface area (Å²) in [7, 11) is 0. The van der Waals surface area contributed by atoms with Crippen molar-refractivity contribution in [1.29, 1.82) is 5.26 Å². The van der Waals surface area contributed by atoms with Crippen LogP contribution in [0.2, 0.25) is 20.1 Å². The minimum Gasteiger partial charge on any atom is -0.508 e. The van der Waals surface area contributed by atoms with Gasteiger partial charge in [-0.25, -0.2) is 0 Å². The van der Waals surface area contributed by atoms with Gasteiger partial charge in [-0.1, -0.05) is 73.2 Å². The van der Waals surface area contributed by atoms with Crippen molar-refractivity contribution in [2.75, 3.05) is 0 Å². The average molecular weight is 582 g/mol. The molecule has 0 radical (unpaired) electrons. The van der Waals surface area contributed by atoms with Crippen LogP contribution in [0.3, 0.4) is 0 Å². The quantitative estimate of drug-likeness (QED) is 0.282. The number of hydrogen-bond donors (Lipinski definition) is 3. The molecule has 0 fully saturated rings. The van der Waals surface area contributed by atoms with Crippen LogP contribution in [0, 0.1) is 22.7 Å². The predicted molar refractivity (Wildman–Crippen MR) is 151 cm³/mol. The van der Waals surface area contributed by atoms with Crippen LogP contribution in [0.25, 0.3) is 0 Å². The van der Waals surface area contributed by atoms with Gasteiger partial charge in [0.2, 0.25) is 5.91 Å². The zero-order valence-corrected chi connectivity index (χ0v) is 23.8. The normalized spacial score (nSPS) is 12.5. The van der Waals surface area contributed by atoms with E-state index in [1.54, 1.807) is 42.5 Å². The number of hydrogen-bond acceptors (Lipinski definition) is 4. The van der Waals surface area contributed by atoms with E-state index in [0.29, 0.717) is 37.6 Å². The predicted octanol–water partition coefficient (Wildman–Crippen LogP) is 8.35. The Balaban J connectivity index is 0.000000263. The Morgan fingerprint density at radius 1 is 0.892 bits per heavy atom. The molecule has 1 amide bonds. The van der Waals surface area contributed by atoms with E-state index in [0.717, 1.165) is 5.56 Å². The van der Waals surface area contributed by atoms with Crippen molar-refractivity contribution in [3.05, 3.63) is 91.4 Å². The summed E-state index contributed by atoms with van der Waals surface area (Å²) in [6.07, 6.45) is 0.374. The Labute approximate surface area is 237 Å². The largest absolute Gasteiger partial charge is 0.508 e. The molecule has 3 aromatic carbocycles. The molecule has 2 atom stereocenters. The molecule has 9 heteroatoms. The molecule has 3 aromatic rings. The van der Waals surface area contributed by atoms with Crippen molar-refractivity contribution < 1.29 is 15.0 Å². The number of benzene rings is 3. The Kier molecular flexibility index (Phi) is 11.0. The summed E-state index contributed by atoms with van der Waals surface area (Å²) < 4.78 is 0. The fraction of sp³-hybridized carbons (Fsp3) is 0.286. The highest BCUT2D eigenvalue weighted by atomic mass is 35.5. The second-order valence-corrected chi connectivity index (χ2v) is 11.3. The summed E-state index contributed by atoms with van der Waals surface area (Å²) >= 11 is 23.7. The van der Waals surface area contributed by atoms with Crippen molar-refractivity contribution in [2.24, 2.45) is 11.3 Å². The second-order valence-electron chi connectivity index (χ2n) is 9.55. The maximum absolute atomic E-state index is 12.2. The highest BCUT2D eigenvalue weighted by Gasteiger charge is 2.32. The molecule has 3 N–H and O–H groups in total. The molecule has 0 aliphatic heterocycles. The van der Waals surface area contributed by atoms with Crippen LogP contribution in [0.4, 0.5) is 0 Å². The monoisotopic (exact) mass is 580 g/mol. The summed E-state index contributed by atoms with van der Waals surface area (Å²) in [5.74, 6) is -0.711. The first-order chi connectivity index (χ1) is 17.2. The van der Waals surface area contributed by atoms with Crippen molar-refractivity contribution in [2.45, 2.75) is 40.2 Å². The van der Waals surface area contributed by atoms with Crippen molar-refractivity contribution >= 4 is 52.3 Å². The molecule has 0 aliphatic rings. The van der Waals surface area contributed by atoms with Crippen molar-refractivity contribution in [3.8, 4) is 17.6 Å². The number of rotatable bonds is 5. The van der Waals surface area contributed by atoms with Gasteiger partial charge in [-0.3, -0.25) is 4.79 Å². The van der Waals surface area contributed by atoms with E-state index in [1.807, 2.05) is 27.7 Å². The fourth-order valence-electron chi connectivity index (χ4n) is 3.47. The van der Waals surface area contributed by atoms with Gasteiger partial charge >= 0.3 is 0 Å². The number of phenols is 2. The van der Waals surface area contributed by atoms with Gasteiger partial charge in [-0.15, -0.1) is 0 Å². The van der Waals surface area contributed by atoms with E-state index in [9.17, 15) is 15.0 Å². The molecular weight excluding hydrogens is 554 g/mol. The van der Waals surface area contributed by atoms with Crippen LogP contribution in [0.15, 0.2) is 54.6 Å². The fourth-order valence-corrected chi connectivity index (χ4v) is 4.43. The topological polar surface area (TPSA) is 93.4 Å². The van der Waals surface area contributed by atoms with Gasteiger partial charge in [0.15, 0.2) is 0 Å². The lowest BCUT2D eigenvalue weighted by Gasteiger charge is -2.25. The minimum atomic E-state index is -0.712. The third-order valence-electron chi connectivity index (χ3n) is 5.51. The van der Waals surface area contributed by atoms with Gasteiger partial charge < -0.3 is 15.5 Å². The third-order valence-corrected chi connectivity index (χ3v) is 6.54. The summed E-state index contributed by atoms with van der Waals surface area (Å²) in [4.78, 5) is 12.2. The number of carbonyl (C=O) groups excluding carboxylic acids is 1. The molecule has 0 aromatic heterocycles. The lowest BCUT2D eigenvalue weighted by molar-refractivity contribution is -0.126. The second kappa shape index (κ2) is 13.3. The van der Waals surface area contributed by atoms with Crippen LogP contribution < -0.4 is 5.32 Å². The number of carbonyl (C=O) groups is 1. The molecule has 0 bridgehead atoms. The van der Waals surface area contributed by atoms with Gasteiger partial charge in [0.25, 0.3) is 0 Å². The number of aromatic hydroxyl groups is 2. The molecule has 37 heavy (non-hydrogen) atoms. The van der Waals surface area contributed by atoms with Gasteiger partial charge in [0, 0.05) is 26.5 Å². The molecule has 0 aliphatic carbocycles. The molecule has 2 unspecified atom stereocenters. The number of nitrogens with zero attached hydrogens (tertiary/aromatic N) is 1. The maximum atomic E-state index is 12.2. The SMILES string of the molecule is CC(NC(=O)C(C#N)C(C)(C)C)c1ccc(Cl)cc1Cl.Oc1ccc(Cl)cc1Cc1cc(Cl)ccc1O. The molecular formula is C28H28Cl4N2O3. The number of halogens is 4. The van der Waals surface area contributed by atoms with E-state index < -0.39 is 11.3 Å². The number of nitrogens with one attached hydrogen (secondary N) is 1. The van der Waals surface area contributed by atoms with Gasteiger partial charge in [0.05, 0.1) is 12.1 Å². The number of nitriles is 1. The molecule has 0 saturated carbocycles. The smallest absolute Gasteiger partial charge is 0.238 e. The highest BCUT2D eigenvalue weighted by molar-refractivity contribution is 6.35. The first-order valence-electron chi connectivity index (χ1n) is 11.3. The van der Waals surface area contributed by atoms with Crippen LogP contribution in [-0.4, -0.2) is 16.1 Å². The van der Waals surface area contributed by atoms with Crippen LogP contribution >= 0.6 is 46.4 Å². The summed E-state index contributed by atoms with van der Waals surface area (Å²) in [5.41, 5.74) is 1.66. The number of phenolic OH excluding ortho intramolecular Hbond substituents is 2. The Morgan fingerprint density at radius 2 is 1.35 bits per heavy atom. The minimum absolute atomic E-state index is 0.147. The van der Waals surface area contributed by atoms with Gasteiger partial charge in [-0.2, -0.15) is 5.26 Å². The molecule has 0 heterocycles.